The number of H-pyrrole nitrogens is 1. The van der Waals surface area contributed by atoms with E-state index in [4.69, 9.17) is 26.8 Å². The summed E-state index contributed by atoms with van der Waals surface area (Å²) < 4.78 is 11.1. The molecule has 0 aliphatic carbocycles. The molecular formula is C29H30ClN3O4. The summed E-state index contributed by atoms with van der Waals surface area (Å²) in [4.78, 5) is 29.3. The zero-order valence-electron chi connectivity index (χ0n) is 20.6. The summed E-state index contributed by atoms with van der Waals surface area (Å²) in [5.41, 5.74) is 9.27. The first-order chi connectivity index (χ1) is 17.9. The maximum Gasteiger partial charge on any atom is 0.221 e. The van der Waals surface area contributed by atoms with E-state index >= 15 is 0 Å². The molecule has 37 heavy (non-hydrogen) atoms. The third-order valence-corrected chi connectivity index (χ3v) is 6.55. The van der Waals surface area contributed by atoms with Gasteiger partial charge in [-0.3, -0.25) is 9.59 Å². The summed E-state index contributed by atoms with van der Waals surface area (Å²) in [6, 6.07) is 22.2. The number of rotatable bonds is 12. The molecule has 4 aromatic rings. The van der Waals surface area contributed by atoms with Crippen molar-refractivity contribution in [1.82, 2.24) is 10.3 Å². The molecule has 3 aromatic carbocycles. The Labute approximate surface area is 220 Å². The highest BCUT2D eigenvalue weighted by Gasteiger charge is 2.28. The van der Waals surface area contributed by atoms with Gasteiger partial charge < -0.3 is 25.5 Å². The summed E-state index contributed by atoms with van der Waals surface area (Å²) in [5.74, 6) is 0.109. The lowest BCUT2D eigenvalue weighted by Gasteiger charge is -2.24. The Hall–Kier alpha value is -3.81. The van der Waals surface area contributed by atoms with Crippen LogP contribution >= 0.6 is 11.6 Å². The van der Waals surface area contributed by atoms with Gasteiger partial charge in [-0.15, -0.1) is 0 Å². The number of carbonyl (C=O) groups excluding carboxylic acids is 2. The van der Waals surface area contributed by atoms with E-state index in [1.54, 1.807) is 31.4 Å². The SMILES string of the molecule is COc1ccccc1CCC(=O)N[C@@H](N)C(Cc1c[nH]c2ccccc12)C(=O)COc1ccc(Cl)cc1. The number of nitrogens with two attached hydrogens (primary N) is 1. The quantitative estimate of drug-likeness (QED) is 0.236. The molecule has 0 spiro atoms. The molecule has 0 bridgehead atoms. The van der Waals surface area contributed by atoms with Crippen LogP contribution in [0.2, 0.25) is 5.02 Å². The van der Waals surface area contributed by atoms with Crippen molar-refractivity contribution in [2.24, 2.45) is 11.7 Å². The molecule has 0 saturated carbocycles. The Balaban J connectivity index is 1.45. The third-order valence-electron chi connectivity index (χ3n) is 6.30. The van der Waals surface area contributed by atoms with E-state index in [-0.39, 0.29) is 24.7 Å². The molecule has 1 aromatic heterocycles. The second-order valence-electron chi connectivity index (χ2n) is 8.78. The molecule has 1 heterocycles. The number of fused-ring (bicyclic) bond motifs is 1. The van der Waals surface area contributed by atoms with E-state index in [1.807, 2.05) is 54.7 Å². The lowest BCUT2D eigenvalue weighted by Crippen LogP contribution is -2.51. The number of methoxy groups -OCH3 is 1. The van der Waals surface area contributed by atoms with Gasteiger partial charge in [0.05, 0.1) is 19.2 Å². The average Bonchev–Trinajstić information content (AvgIpc) is 3.33. The van der Waals surface area contributed by atoms with Crippen LogP contribution < -0.4 is 20.5 Å². The molecule has 4 rings (SSSR count). The molecule has 192 valence electrons. The zero-order chi connectivity index (χ0) is 26.2. The normalized spacial score (nSPS) is 12.6. The van der Waals surface area contributed by atoms with Crippen LogP contribution in [0, 0.1) is 5.92 Å². The number of aryl methyl sites for hydroxylation is 1. The number of hydrogen-bond donors (Lipinski definition) is 3. The summed E-state index contributed by atoms with van der Waals surface area (Å²) in [5, 5.41) is 4.41. The predicted molar refractivity (Wildman–Crippen MR) is 145 cm³/mol. The topological polar surface area (TPSA) is 106 Å². The maximum atomic E-state index is 13.3. The van der Waals surface area contributed by atoms with Crippen molar-refractivity contribution in [2.45, 2.75) is 25.4 Å². The van der Waals surface area contributed by atoms with Crippen molar-refractivity contribution < 1.29 is 19.1 Å². The maximum absolute atomic E-state index is 13.3. The van der Waals surface area contributed by atoms with Gasteiger partial charge in [0.1, 0.15) is 18.1 Å². The third kappa shape index (κ3) is 6.90. The van der Waals surface area contributed by atoms with E-state index in [0.29, 0.717) is 23.6 Å². The van der Waals surface area contributed by atoms with Crippen molar-refractivity contribution in [2.75, 3.05) is 13.7 Å². The fourth-order valence-corrected chi connectivity index (χ4v) is 4.41. The molecule has 1 unspecified atom stereocenters. The van der Waals surface area contributed by atoms with E-state index in [1.165, 1.54) is 0 Å². The van der Waals surface area contributed by atoms with Gasteiger partial charge in [-0.25, -0.2) is 0 Å². The van der Waals surface area contributed by atoms with E-state index in [2.05, 4.69) is 10.3 Å². The van der Waals surface area contributed by atoms with Crippen LogP contribution in [0.15, 0.2) is 79.0 Å². The Bertz CT molecular complexity index is 1350. The highest BCUT2D eigenvalue weighted by Crippen LogP contribution is 2.23. The van der Waals surface area contributed by atoms with Gasteiger partial charge in [0.2, 0.25) is 5.91 Å². The van der Waals surface area contributed by atoms with Gasteiger partial charge in [-0.05, 0) is 60.4 Å². The highest BCUT2D eigenvalue weighted by atomic mass is 35.5. The Morgan fingerprint density at radius 2 is 1.73 bits per heavy atom. The molecule has 8 heteroatoms. The number of aromatic nitrogens is 1. The van der Waals surface area contributed by atoms with E-state index in [9.17, 15) is 9.59 Å². The van der Waals surface area contributed by atoms with Crippen molar-refractivity contribution in [1.29, 1.82) is 0 Å². The van der Waals surface area contributed by atoms with Crippen LogP contribution in [0.4, 0.5) is 0 Å². The van der Waals surface area contributed by atoms with E-state index in [0.717, 1.165) is 27.8 Å². The summed E-state index contributed by atoms with van der Waals surface area (Å²) in [6.45, 7) is -0.181. The first kappa shape index (κ1) is 26.3. The number of carbonyl (C=O) groups is 2. The summed E-state index contributed by atoms with van der Waals surface area (Å²) >= 11 is 5.93. The summed E-state index contributed by atoms with van der Waals surface area (Å²) in [6.07, 6.45) is 2.04. The molecular weight excluding hydrogens is 490 g/mol. The minimum absolute atomic E-state index is 0.181. The van der Waals surface area contributed by atoms with Crippen molar-refractivity contribution >= 4 is 34.2 Å². The number of ketones is 1. The number of hydrogen-bond acceptors (Lipinski definition) is 5. The monoisotopic (exact) mass is 519 g/mol. The Morgan fingerprint density at radius 3 is 2.51 bits per heavy atom. The van der Waals surface area contributed by atoms with Gasteiger partial charge in [-0.2, -0.15) is 0 Å². The van der Waals surface area contributed by atoms with Crippen LogP contribution in [0.25, 0.3) is 10.9 Å². The van der Waals surface area contributed by atoms with Gasteiger partial charge in [0, 0.05) is 28.5 Å². The molecule has 7 nitrogen and oxygen atoms in total. The number of Topliss-reactive ketones (excluding diaryl/α,β-unsaturated/α-hetero) is 1. The highest BCUT2D eigenvalue weighted by molar-refractivity contribution is 6.30. The largest absolute Gasteiger partial charge is 0.496 e. The molecule has 1 amide bonds. The fraction of sp³-hybridized carbons (Fsp3) is 0.241. The molecule has 0 aliphatic heterocycles. The number of amides is 1. The van der Waals surface area contributed by atoms with Crippen molar-refractivity contribution in [3.63, 3.8) is 0 Å². The molecule has 0 radical (unpaired) electrons. The Morgan fingerprint density at radius 1 is 1.00 bits per heavy atom. The number of ether oxygens (including phenoxy) is 2. The zero-order valence-corrected chi connectivity index (χ0v) is 21.3. The fourth-order valence-electron chi connectivity index (χ4n) is 4.29. The average molecular weight is 520 g/mol. The van der Waals surface area contributed by atoms with Gasteiger partial charge in [0.15, 0.2) is 5.78 Å². The standard InChI is InChI=1S/C29H30ClN3O4/c1-36-27-9-5-2-6-19(27)10-15-28(35)33-29(31)24(16-20-17-32-25-8-4-3-7-23(20)25)26(34)18-37-22-13-11-21(30)12-14-22/h2-9,11-14,17,24,29,32H,10,15-16,18,31H2,1H3,(H,33,35)/t24?,29-/m1/s1. The van der Waals surface area contributed by atoms with Crippen LogP contribution in [0.5, 0.6) is 11.5 Å². The van der Waals surface area contributed by atoms with Gasteiger partial charge in [-0.1, -0.05) is 48.0 Å². The van der Waals surface area contributed by atoms with Crippen molar-refractivity contribution in [3.8, 4) is 11.5 Å². The lowest BCUT2D eigenvalue weighted by molar-refractivity contribution is -0.127. The molecule has 4 N–H and O–H groups in total. The smallest absolute Gasteiger partial charge is 0.221 e. The van der Waals surface area contributed by atoms with Crippen molar-refractivity contribution in [3.05, 3.63) is 95.1 Å². The first-order valence-electron chi connectivity index (χ1n) is 12.1. The molecule has 0 aliphatic rings. The summed E-state index contributed by atoms with van der Waals surface area (Å²) in [7, 11) is 1.60. The number of para-hydroxylation sites is 2. The van der Waals surface area contributed by atoms with Crippen LogP contribution in [-0.4, -0.2) is 36.6 Å². The first-order valence-corrected chi connectivity index (χ1v) is 12.5. The minimum Gasteiger partial charge on any atom is -0.496 e. The van der Waals surface area contributed by atoms with Crippen LogP contribution in [0.3, 0.4) is 0 Å². The van der Waals surface area contributed by atoms with E-state index < -0.39 is 12.1 Å². The number of halogens is 1. The van der Waals surface area contributed by atoms with Crippen LogP contribution in [-0.2, 0) is 22.4 Å². The van der Waals surface area contributed by atoms with Gasteiger partial charge in [0.25, 0.3) is 0 Å². The number of benzene rings is 3. The lowest BCUT2D eigenvalue weighted by atomic mass is 9.92. The second kappa shape index (κ2) is 12.4. The predicted octanol–water partition coefficient (Wildman–Crippen LogP) is 4.67. The molecule has 0 fully saturated rings. The number of nitrogens with one attached hydrogen (secondary N) is 2. The van der Waals surface area contributed by atoms with Gasteiger partial charge >= 0.3 is 0 Å². The number of aromatic amines is 1. The Kier molecular flexibility index (Phi) is 8.82. The minimum atomic E-state index is -0.889. The van der Waals surface area contributed by atoms with Crippen LogP contribution in [0.1, 0.15) is 17.5 Å². The molecule has 2 atom stereocenters. The molecule has 0 saturated heterocycles. The second-order valence-corrected chi connectivity index (χ2v) is 9.22.